The molecule has 18 nitrogen and oxygen atoms in total. The van der Waals surface area contributed by atoms with Gasteiger partial charge >= 0.3 is 21.3 Å². The normalized spacial score (nSPS) is 25.2. The lowest BCUT2D eigenvalue weighted by Gasteiger charge is -2.24. The maximum absolute atomic E-state index is 12.2. The lowest BCUT2D eigenvalue weighted by atomic mass is 10.2. The lowest BCUT2D eigenvalue weighted by molar-refractivity contribution is -0.739. The molecule has 0 aromatic carbocycles. The van der Waals surface area contributed by atoms with Gasteiger partial charge in [0.15, 0.2) is 12.6 Å². The lowest BCUT2D eigenvalue weighted by Crippen LogP contribution is -2.39. The number of anilines is 1. The molecule has 2 aromatic heterocycles. The summed E-state index contributed by atoms with van der Waals surface area (Å²) in [6.45, 7) is 1.30. The van der Waals surface area contributed by atoms with Crippen LogP contribution in [0.5, 0.6) is 0 Å². The molecule has 21 heteroatoms. The number of aromatic nitrogens is 4. The Bertz CT molecular complexity index is 1240. The number of fused-ring (bicyclic) bond motifs is 1. The summed E-state index contributed by atoms with van der Waals surface area (Å²) < 4.78 is 53.7. The Morgan fingerprint density at radius 2 is 2.03 bits per heavy atom. The third-order valence-electron chi connectivity index (χ3n) is 4.36. The maximum Gasteiger partial charge on any atom is 0.478 e. The van der Waals surface area contributed by atoms with Gasteiger partial charge in [0, 0.05) is 6.42 Å². The molecule has 7 N–H and O–H groups in total. The molecule has 3 rings (SSSR count). The first kappa shape index (κ1) is 26.1. The molecule has 2 aromatic rings. The third kappa shape index (κ3) is 6.33. The summed E-state index contributed by atoms with van der Waals surface area (Å²) in [5.74, 6) is -0.161. The fourth-order valence-corrected chi connectivity index (χ4v) is 6.09. The number of imidazole rings is 1. The smallest absolute Gasteiger partial charge is 0.478 e. The van der Waals surface area contributed by atoms with Gasteiger partial charge in [-0.2, -0.15) is 0 Å². The van der Waals surface area contributed by atoms with Crippen molar-refractivity contribution in [3.63, 3.8) is 0 Å². The van der Waals surface area contributed by atoms with Gasteiger partial charge < -0.3 is 35.2 Å². The minimum atomic E-state index is -5.92. The molecule has 1 aliphatic heterocycles. The number of hydrogen-bond donors (Lipinski definition) is 6. The van der Waals surface area contributed by atoms with Crippen molar-refractivity contribution in [3.8, 4) is 0 Å². The van der Waals surface area contributed by atoms with E-state index >= 15 is 0 Å². The van der Waals surface area contributed by atoms with Crippen LogP contribution in [0, 0.1) is 0 Å². The van der Waals surface area contributed by atoms with Gasteiger partial charge in [-0.25, -0.2) is 22.3 Å². The zero-order valence-corrected chi connectivity index (χ0v) is 19.3. The number of phosphoric acid groups is 3. The van der Waals surface area contributed by atoms with Crippen molar-refractivity contribution >= 4 is 40.6 Å². The van der Waals surface area contributed by atoms with Gasteiger partial charge in [0.05, 0.1) is 19.3 Å². The average Bonchev–Trinajstić information content (AvgIpc) is 3.17. The quantitative estimate of drug-likeness (QED) is 0.149. The number of aliphatic hydroxyl groups is 1. The minimum Gasteiger partial charge on any atom is -0.756 e. The van der Waals surface area contributed by atoms with Gasteiger partial charge in [0.1, 0.15) is 6.10 Å². The second-order valence-corrected chi connectivity index (χ2v) is 11.1. The van der Waals surface area contributed by atoms with E-state index in [4.69, 9.17) is 20.3 Å². The van der Waals surface area contributed by atoms with Crippen LogP contribution >= 0.6 is 23.5 Å². The van der Waals surface area contributed by atoms with Crippen molar-refractivity contribution in [1.82, 2.24) is 14.5 Å². The topological polar surface area (TPSA) is 273 Å². The Morgan fingerprint density at radius 3 is 2.64 bits per heavy atom. The van der Waals surface area contributed by atoms with Gasteiger partial charge in [-0.05, 0) is 6.92 Å². The summed E-state index contributed by atoms with van der Waals surface area (Å²) in [6, 6.07) is 0. The number of H-pyrrole nitrogens is 1. The standard InChI is InChI=1S/C12H20N5O13P3/c1-2-16-5-17(10-9(16)11(19)15-12(13)14-10)8-3-6(18)7(28-8)4-27-32(23,24)30-33(25,26)29-31(20,21)22/h5-8,18H,2-4H2,1H3,(H6-,13,14,15,19,20,21,22,23,24,25,26)/t6-,7+,8+/m0/s1. The van der Waals surface area contributed by atoms with Crippen LogP contribution in [-0.4, -0.2) is 53.1 Å². The Kier molecular flexibility index (Phi) is 7.32. The van der Waals surface area contributed by atoms with E-state index in [9.17, 15) is 33.4 Å². The number of aryl methyl sites for hydroxylation is 1. The fourth-order valence-electron chi connectivity index (χ4n) is 3.12. The number of phosphoric ester groups is 1. The fraction of sp³-hybridized carbons (Fsp3) is 0.583. The summed E-state index contributed by atoms with van der Waals surface area (Å²) >= 11 is 0. The summed E-state index contributed by atoms with van der Waals surface area (Å²) in [7, 11) is -17.0. The van der Waals surface area contributed by atoms with Crippen molar-refractivity contribution in [2.75, 3.05) is 12.3 Å². The number of nitrogens with zero attached hydrogens (tertiary/aromatic N) is 3. The molecular formula is C12H20N5O13P3. The molecule has 5 atom stereocenters. The largest absolute Gasteiger partial charge is 0.756 e. The molecule has 0 saturated carbocycles. The van der Waals surface area contributed by atoms with Crippen LogP contribution in [0.3, 0.4) is 0 Å². The summed E-state index contributed by atoms with van der Waals surface area (Å²) in [6.07, 6.45) is -2.03. The number of nitrogens with two attached hydrogens (primary N) is 1. The number of aromatic amines is 1. The van der Waals surface area contributed by atoms with E-state index in [1.54, 1.807) is 11.5 Å². The predicted molar refractivity (Wildman–Crippen MR) is 103 cm³/mol. The predicted octanol–water partition coefficient (Wildman–Crippen LogP) is -2.03. The first-order chi connectivity index (χ1) is 15.1. The number of aliphatic hydroxyl groups excluding tert-OH is 1. The third-order valence-corrected chi connectivity index (χ3v) is 8.11. The van der Waals surface area contributed by atoms with Crippen LogP contribution in [0.2, 0.25) is 0 Å². The number of rotatable bonds is 9. The number of nitrogens with one attached hydrogen (secondary N) is 1. The van der Waals surface area contributed by atoms with Crippen LogP contribution in [0.25, 0.3) is 11.2 Å². The Labute approximate surface area is 184 Å². The van der Waals surface area contributed by atoms with Crippen molar-refractivity contribution in [3.05, 3.63) is 16.7 Å². The Balaban J connectivity index is 1.73. The van der Waals surface area contributed by atoms with Gasteiger partial charge in [0.25, 0.3) is 19.3 Å². The zero-order chi connectivity index (χ0) is 24.8. The molecule has 0 aliphatic carbocycles. The van der Waals surface area contributed by atoms with Crippen molar-refractivity contribution in [2.45, 2.75) is 38.3 Å². The minimum absolute atomic E-state index is 0.0755. The second kappa shape index (κ2) is 9.26. The van der Waals surface area contributed by atoms with E-state index in [0.29, 0.717) is 6.54 Å². The number of hydrogen-bond acceptors (Lipinski definition) is 12. The molecule has 2 unspecified atom stereocenters. The number of nitrogen functional groups attached to an aromatic ring is 1. The highest BCUT2D eigenvalue weighted by molar-refractivity contribution is 7.65. The molecule has 0 bridgehead atoms. The van der Waals surface area contributed by atoms with E-state index in [0.717, 1.165) is 0 Å². The van der Waals surface area contributed by atoms with Gasteiger partial charge in [-0.1, -0.05) is 4.98 Å². The molecule has 3 heterocycles. The van der Waals surface area contributed by atoms with Crippen molar-refractivity contribution < 1.29 is 60.8 Å². The van der Waals surface area contributed by atoms with Crippen LogP contribution in [0.15, 0.2) is 11.1 Å². The first-order valence-electron chi connectivity index (χ1n) is 9.00. The van der Waals surface area contributed by atoms with Crippen LogP contribution < -0.4 is 20.8 Å². The first-order valence-corrected chi connectivity index (χ1v) is 13.5. The molecule has 0 radical (unpaired) electrons. The molecule has 1 aliphatic rings. The highest BCUT2D eigenvalue weighted by Gasteiger charge is 2.41. The van der Waals surface area contributed by atoms with Crippen LogP contribution in [0.1, 0.15) is 19.6 Å². The zero-order valence-electron chi connectivity index (χ0n) is 16.7. The van der Waals surface area contributed by atoms with Gasteiger partial charge in [-0.15, -0.1) is 0 Å². The van der Waals surface area contributed by atoms with Crippen LogP contribution in [-0.2, 0) is 38.1 Å². The Hall–Kier alpha value is -1.52. The highest BCUT2D eigenvalue weighted by atomic mass is 31.3. The van der Waals surface area contributed by atoms with Gasteiger partial charge in [-0.3, -0.25) is 23.4 Å². The summed E-state index contributed by atoms with van der Waals surface area (Å²) in [5.41, 5.74) is 5.43. The van der Waals surface area contributed by atoms with E-state index < -0.39 is 54.1 Å². The van der Waals surface area contributed by atoms with Gasteiger partial charge in [0.2, 0.25) is 5.52 Å². The van der Waals surface area contributed by atoms with E-state index in [1.807, 2.05) is 0 Å². The van der Waals surface area contributed by atoms with E-state index in [-0.39, 0.29) is 23.5 Å². The SMILES string of the molecule is CCn1c[n+]([C@H]2C[C@H](O)[C@@H](COP(=O)(O)OP(=O)([O-])OP(=O)(O)O)O2)c2nc(N)[nH]c(=O)c21. The van der Waals surface area contributed by atoms with Crippen molar-refractivity contribution in [2.24, 2.45) is 0 Å². The second-order valence-electron chi connectivity index (χ2n) is 6.73. The van der Waals surface area contributed by atoms with Crippen LogP contribution in [0.4, 0.5) is 5.95 Å². The molecule has 1 saturated heterocycles. The van der Waals surface area contributed by atoms with Crippen molar-refractivity contribution in [1.29, 1.82) is 0 Å². The molecule has 33 heavy (non-hydrogen) atoms. The van der Waals surface area contributed by atoms with E-state index in [1.165, 1.54) is 10.9 Å². The molecule has 186 valence electrons. The summed E-state index contributed by atoms with van der Waals surface area (Å²) in [5, 5.41) is 10.3. The van der Waals surface area contributed by atoms with E-state index in [2.05, 4.69) is 23.1 Å². The monoisotopic (exact) mass is 535 g/mol. The average molecular weight is 535 g/mol. The maximum atomic E-state index is 12.2. The highest BCUT2D eigenvalue weighted by Crippen LogP contribution is 2.64. The molecule has 1 fully saturated rings. The summed E-state index contributed by atoms with van der Waals surface area (Å²) in [4.78, 5) is 56.5. The molecular weight excluding hydrogens is 515 g/mol. The molecule has 0 spiro atoms. The Morgan fingerprint density at radius 1 is 1.36 bits per heavy atom. The molecule has 0 amide bonds. The number of ether oxygens (including phenoxy) is 1.